The molecule has 96 valence electrons. The fraction of sp³-hybridized carbons (Fsp3) is 0.400. The SMILES string of the molecule is CCOC(=O)C1=CCCN(Cc2ccccc2)C1. The van der Waals surface area contributed by atoms with Gasteiger partial charge in [0.2, 0.25) is 0 Å². The Bertz CT molecular complexity index is 425. The van der Waals surface area contributed by atoms with Crippen LogP contribution in [0.3, 0.4) is 0 Å². The molecule has 0 N–H and O–H groups in total. The van der Waals surface area contributed by atoms with Gasteiger partial charge in [0.15, 0.2) is 0 Å². The van der Waals surface area contributed by atoms with E-state index in [-0.39, 0.29) is 5.97 Å². The van der Waals surface area contributed by atoms with Crippen LogP contribution in [0, 0.1) is 0 Å². The van der Waals surface area contributed by atoms with Gasteiger partial charge >= 0.3 is 5.97 Å². The molecule has 0 amide bonds. The van der Waals surface area contributed by atoms with Crippen LogP contribution in [-0.4, -0.2) is 30.6 Å². The number of carbonyl (C=O) groups is 1. The predicted octanol–water partition coefficient (Wildman–Crippen LogP) is 2.38. The first-order valence-electron chi connectivity index (χ1n) is 6.42. The normalized spacial score (nSPS) is 16.2. The van der Waals surface area contributed by atoms with Gasteiger partial charge in [-0.3, -0.25) is 4.90 Å². The third-order valence-electron chi connectivity index (χ3n) is 3.02. The van der Waals surface area contributed by atoms with Gasteiger partial charge in [-0.15, -0.1) is 0 Å². The second-order valence-electron chi connectivity index (χ2n) is 4.43. The molecule has 18 heavy (non-hydrogen) atoms. The van der Waals surface area contributed by atoms with Crippen molar-refractivity contribution in [2.75, 3.05) is 19.7 Å². The highest BCUT2D eigenvalue weighted by Gasteiger charge is 2.18. The van der Waals surface area contributed by atoms with Crippen molar-refractivity contribution in [2.24, 2.45) is 0 Å². The summed E-state index contributed by atoms with van der Waals surface area (Å²) in [7, 11) is 0. The van der Waals surface area contributed by atoms with Gasteiger partial charge in [0.1, 0.15) is 0 Å². The number of nitrogens with zero attached hydrogens (tertiary/aromatic N) is 1. The Hall–Kier alpha value is -1.61. The third-order valence-corrected chi connectivity index (χ3v) is 3.02. The van der Waals surface area contributed by atoms with E-state index in [1.54, 1.807) is 0 Å². The van der Waals surface area contributed by atoms with E-state index in [1.165, 1.54) is 5.56 Å². The molecular weight excluding hydrogens is 226 g/mol. The lowest BCUT2D eigenvalue weighted by atomic mass is 10.1. The fourth-order valence-electron chi connectivity index (χ4n) is 2.15. The summed E-state index contributed by atoms with van der Waals surface area (Å²) in [6.07, 6.45) is 2.92. The van der Waals surface area contributed by atoms with Gasteiger partial charge in [-0.25, -0.2) is 4.79 Å². The molecule has 1 heterocycles. The number of carbonyl (C=O) groups excluding carboxylic acids is 1. The molecule has 3 heteroatoms. The van der Waals surface area contributed by atoms with Crippen molar-refractivity contribution in [3.8, 4) is 0 Å². The van der Waals surface area contributed by atoms with Crippen LogP contribution in [0.2, 0.25) is 0 Å². The highest BCUT2D eigenvalue weighted by Crippen LogP contribution is 2.14. The Morgan fingerprint density at radius 2 is 2.11 bits per heavy atom. The van der Waals surface area contributed by atoms with E-state index in [9.17, 15) is 4.79 Å². The lowest BCUT2D eigenvalue weighted by Crippen LogP contribution is -2.32. The van der Waals surface area contributed by atoms with Crippen molar-refractivity contribution in [2.45, 2.75) is 19.9 Å². The molecule has 0 aliphatic carbocycles. The summed E-state index contributed by atoms with van der Waals surface area (Å²) in [5, 5.41) is 0. The molecule has 0 atom stereocenters. The van der Waals surface area contributed by atoms with Gasteiger partial charge in [-0.1, -0.05) is 36.4 Å². The topological polar surface area (TPSA) is 29.5 Å². The number of hydrogen-bond donors (Lipinski definition) is 0. The Morgan fingerprint density at radius 1 is 1.33 bits per heavy atom. The lowest BCUT2D eigenvalue weighted by Gasteiger charge is -2.26. The predicted molar refractivity (Wildman–Crippen MR) is 71.1 cm³/mol. The summed E-state index contributed by atoms with van der Waals surface area (Å²) in [4.78, 5) is 14.0. The van der Waals surface area contributed by atoms with E-state index >= 15 is 0 Å². The lowest BCUT2D eigenvalue weighted by molar-refractivity contribution is -0.138. The number of rotatable bonds is 4. The zero-order valence-electron chi connectivity index (χ0n) is 10.8. The number of benzene rings is 1. The van der Waals surface area contributed by atoms with E-state index in [2.05, 4.69) is 17.0 Å². The van der Waals surface area contributed by atoms with Crippen molar-refractivity contribution in [1.82, 2.24) is 4.90 Å². The van der Waals surface area contributed by atoms with Crippen molar-refractivity contribution in [3.05, 3.63) is 47.5 Å². The molecule has 0 spiro atoms. The van der Waals surface area contributed by atoms with E-state index in [4.69, 9.17) is 4.74 Å². The molecule has 0 unspecified atom stereocenters. The summed E-state index contributed by atoms with van der Waals surface area (Å²) >= 11 is 0. The number of ether oxygens (including phenoxy) is 1. The molecule has 0 saturated carbocycles. The molecule has 0 bridgehead atoms. The van der Waals surface area contributed by atoms with Crippen molar-refractivity contribution in [3.63, 3.8) is 0 Å². The van der Waals surface area contributed by atoms with Crippen molar-refractivity contribution >= 4 is 5.97 Å². The average molecular weight is 245 g/mol. The van der Waals surface area contributed by atoms with Crippen LogP contribution in [0.1, 0.15) is 18.9 Å². The summed E-state index contributed by atoms with van der Waals surface area (Å²) in [5.74, 6) is -0.171. The summed E-state index contributed by atoms with van der Waals surface area (Å²) in [6.45, 7) is 4.85. The Balaban J connectivity index is 1.93. The molecule has 0 radical (unpaired) electrons. The zero-order chi connectivity index (χ0) is 12.8. The van der Waals surface area contributed by atoms with Crippen LogP contribution >= 0.6 is 0 Å². The van der Waals surface area contributed by atoms with Gasteiger partial charge in [-0.05, 0) is 18.9 Å². The number of esters is 1. The van der Waals surface area contributed by atoms with Crippen LogP contribution < -0.4 is 0 Å². The second-order valence-corrected chi connectivity index (χ2v) is 4.43. The Labute approximate surface area is 108 Å². The van der Waals surface area contributed by atoms with Gasteiger partial charge in [0, 0.05) is 25.2 Å². The highest BCUT2D eigenvalue weighted by atomic mass is 16.5. The molecule has 0 fully saturated rings. The molecule has 1 aromatic carbocycles. The quantitative estimate of drug-likeness (QED) is 0.763. The fourth-order valence-corrected chi connectivity index (χ4v) is 2.15. The van der Waals surface area contributed by atoms with E-state index in [1.807, 2.05) is 31.2 Å². The van der Waals surface area contributed by atoms with Crippen LogP contribution in [0.4, 0.5) is 0 Å². The molecule has 2 rings (SSSR count). The molecular formula is C15H19NO2. The number of hydrogen-bond acceptors (Lipinski definition) is 3. The van der Waals surface area contributed by atoms with E-state index in [0.29, 0.717) is 13.2 Å². The van der Waals surface area contributed by atoms with Crippen LogP contribution in [0.25, 0.3) is 0 Å². The maximum Gasteiger partial charge on any atom is 0.334 e. The van der Waals surface area contributed by atoms with E-state index in [0.717, 1.165) is 25.1 Å². The minimum atomic E-state index is -0.171. The molecule has 3 nitrogen and oxygen atoms in total. The average Bonchev–Trinajstić information content (AvgIpc) is 2.40. The molecule has 0 saturated heterocycles. The third kappa shape index (κ3) is 3.44. The summed E-state index contributed by atoms with van der Waals surface area (Å²) < 4.78 is 5.05. The summed E-state index contributed by atoms with van der Waals surface area (Å²) in [6, 6.07) is 10.3. The first-order chi connectivity index (χ1) is 8.79. The highest BCUT2D eigenvalue weighted by molar-refractivity contribution is 5.89. The van der Waals surface area contributed by atoms with Crippen molar-refractivity contribution < 1.29 is 9.53 Å². The maximum atomic E-state index is 11.7. The maximum absolute atomic E-state index is 11.7. The molecule has 0 aromatic heterocycles. The zero-order valence-corrected chi connectivity index (χ0v) is 10.8. The minimum absolute atomic E-state index is 0.171. The van der Waals surface area contributed by atoms with Crippen LogP contribution in [0.15, 0.2) is 42.0 Å². The smallest absolute Gasteiger partial charge is 0.334 e. The van der Waals surface area contributed by atoms with Gasteiger partial charge in [-0.2, -0.15) is 0 Å². The van der Waals surface area contributed by atoms with Gasteiger partial charge < -0.3 is 4.74 Å². The van der Waals surface area contributed by atoms with Gasteiger partial charge in [0.25, 0.3) is 0 Å². The van der Waals surface area contributed by atoms with Crippen LogP contribution in [0.5, 0.6) is 0 Å². The van der Waals surface area contributed by atoms with Crippen LogP contribution in [-0.2, 0) is 16.1 Å². The standard InChI is InChI=1S/C15H19NO2/c1-2-18-15(17)14-9-6-10-16(12-14)11-13-7-4-3-5-8-13/h3-5,7-9H,2,6,10-12H2,1H3. The Kier molecular flexibility index (Phi) is 4.53. The van der Waals surface area contributed by atoms with Crippen molar-refractivity contribution in [1.29, 1.82) is 0 Å². The minimum Gasteiger partial charge on any atom is -0.463 e. The molecule has 1 aliphatic heterocycles. The monoisotopic (exact) mass is 245 g/mol. The van der Waals surface area contributed by atoms with E-state index < -0.39 is 0 Å². The first kappa shape index (κ1) is 12.8. The molecule has 1 aromatic rings. The van der Waals surface area contributed by atoms with Gasteiger partial charge in [0.05, 0.1) is 6.61 Å². The first-order valence-corrected chi connectivity index (χ1v) is 6.42. The Morgan fingerprint density at radius 3 is 2.83 bits per heavy atom. The summed E-state index contributed by atoms with van der Waals surface area (Å²) in [5.41, 5.74) is 2.07. The molecule has 1 aliphatic rings. The second kappa shape index (κ2) is 6.36. The largest absolute Gasteiger partial charge is 0.463 e.